The molecular weight excluding hydrogens is 783 g/mol. The summed E-state index contributed by atoms with van der Waals surface area (Å²) in [7, 11) is 1.68. The van der Waals surface area contributed by atoms with Crippen LogP contribution in [-0.4, -0.2) is 95.3 Å². The molecule has 3 aromatic carbocycles. The van der Waals surface area contributed by atoms with Gasteiger partial charge >= 0.3 is 6.09 Å². The number of nitrogens with one attached hydrogen (secondary N) is 3. The van der Waals surface area contributed by atoms with Gasteiger partial charge in [0.05, 0.1) is 18.9 Å². The first-order chi connectivity index (χ1) is 28.9. The largest absolute Gasteiger partial charge is 0.444 e. The molecule has 0 spiro atoms. The normalized spacial score (nSPS) is 14.0. The minimum atomic E-state index is -0.546. The van der Waals surface area contributed by atoms with Crippen LogP contribution in [0.2, 0.25) is 0 Å². The molecular formula is C49H67N7O6. The summed E-state index contributed by atoms with van der Waals surface area (Å²) in [6.07, 6.45) is 1.25. The average molecular weight is 850 g/mol. The molecule has 1 aromatic heterocycles. The number of piperazine rings is 1. The monoisotopic (exact) mass is 850 g/mol. The molecule has 0 unspecified atom stereocenters. The van der Waals surface area contributed by atoms with Gasteiger partial charge in [-0.1, -0.05) is 72.7 Å². The van der Waals surface area contributed by atoms with Crippen LogP contribution in [0, 0.1) is 17.8 Å². The molecule has 2 heterocycles. The van der Waals surface area contributed by atoms with Gasteiger partial charge in [-0.2, -0.15) is 0 Å². The SMILES string of the molecule is Cc1c(NC(=O)c2ccc(C(C)(C)C)cc2)cccc1-c1cn(C)c(=O)c(Nc2ccc(C(=O)N3CCN(CC(C)(C)COCC(C)(C)CNC(=O)OC(C)(C)C)CC3)cc2)n1. The number of alkyl carbamates (subject to hydrolysis) is 1. The summed E-state index contributed by atoms with van der Waals surface area (Å²) in [5.41, 5.74) is 4.45. The molecule has 1 fully saturated rings. The maximum atomic E-state index is 13.6. The van der Waals surface area contributed by atoms with E-state index in [-0.39, 0.29) is 39.4 Å². The van der Waals surface area contributed by atoms with Crippen molar-refractivity contribution in [1.29, 1.82) is 0 Å². The summed E-state index contributed by atoms with van der Waals surface area (Å²) in [6, 6.07) is 20.4. The van der Waals surface area contributed by atoms with Gasteiger partial charge in [0, 0.05) is 91.4 Å². The molecule has 1 aliphatic heterocycles. The predicted molar refractivity (Wildman–Crippen MR) is 247 cm³/mol. The zero-order valence-corrected chi connectivity index (χ0v) is 38.8. The van der Waals surface area contributed by atoms with Crippen LogP contribution in [0.5, 0.6) is 0 Å². The number of hydrogen-bond acceptors (Lipinski definition) is 9. The van der Waals surface area contributed by atoms with Gasteiger partial charge in [0.15, 0.2) is 5.82 Å². The molecule has 0 saturated carbocycles. The highest BCUT2D eigenvalue weighted by Gasteiger charge is 2.29. The lowest BCUT2D eigenvalue weighted by atomic mass is 9.86. The Bertz CT molecular complexity index is 2260. The number of carbonyl (C=O) groups is 3. The van der Waals surface area contributed by atoms with Crippen LogP contribution in [0.15, 0.2) is 77.7 Å². The van der Waals surface area contributed by atoms with Crippen molar-refractivity contribution in [3.05, 3.63) is 106 Å². The highest BCUT2D eigenvalue weighted by Crippen LogP contribution is 2.29. The van der Waals surface area contributed by atoms with Crippen molar-refractivity contribution in [3.63, 3.8) is 0 Å². The third-order valence-electron chi connectivity index (χ3n) is 10.7. The van der Waals surface area contributed by atoms with Gasteiger partial charge in [0.1, 0.15) is 5.60 Å². The van der Waals surface area contributed by atoms with Crippen molar-refractivity contribution in [2.75, 3.05) is 63.1 Å². The van der Waals surface area contributed by atoms with Crippen LogP contribution in [0.25, 0.3) is 11.3 Å². The Morgan fingerprint density at radius 2 is 1.39 bits per heavy atom. The third kappa shape index (κ3) is 13.2. The second-order valence-electron chi connectivity index (χ2n) is 20.1. The Labute approximate surface area is 367 Å². The van der Waals surface area contributed by atoms with Crippen LogP contribution in [-0.2, 0) is 21.9 Å². The summed E-state index contributed by atoms with van der Waals surface area (Å²) in [6.45, 7) is 27.4. The summed E-state index contributed by atoms with van der Waals surface area (Å²) >= 11 is 0. The van der Waals surface area contributed by atoms with Gasteiger partial charge in [-0.3, -0.25) is 19.3 Å². The molecule has 0 aliphatic carbocycles. The van der Waals surface area contributed by atoms with Crippen molar-refractivity contribution in [2.24, 2.45) is 17.9 Å². The van der Waals surface area contributed by atoms with E-state index in [0.717, 1.165) is 36.3 Å². The number of rotatable bonds is 14. The molecule has 3 N–H and O–H groups in total. The second kappa shape index (κ2) is 19.2. The Hall–Kier alpha value is -5.53. The van der Waals surface area contributed by atoms with Crippen LogP contribution in [0.4, 0.5) is 22.0 Å². The number of ether oxygens (including phenoxy) is 2. The van der Waals surface area contributed by atoms with E-state index in [0.29, 0.717) is 61.0 Å². The molecule has 1 aliphatic rings. The maximum Gasteiger partial charge on any atom is 0.407 e. The molecule has 3 amide bonds. The molecule has 62 heavy (non-hydrogen) atoms. The lowest BCUT2D eigenvalue weighted by Crippen LogP contribution is -2.51. The summed E-state index contributed by atoms with van der Waals surface area (Å²) in [4.78, 5) is 61.1. The summed E-state index contributed by atoms with van der Waals surface area (Å²) in [5, 5.41) is 9.05. The van der Waals surface area contributed by atoms with Gasteiger partial charge in [0.2, 0.25) is 0 Å². The lowest BCUT2D eigenvalue weighted by Gasteiger charge is -2.39. The molecule has 4 aromatic rings. The average Bonchev–Trinajstić information content (AvgIpc) is 3.18. The lowest BCUT2D eigenvalue weighted by molar-refractivity contribution is -0.00463. The zero-order valence-electron chi connectivity index (χ0n) is 38.8. The molecule has 5 rings (SSSR count). The highest BCUT2D eigenvalue weighted by atomic mass is 16.6. The Balaban J connectivity index is 1.13. The second-order valence-corrected chi connectivity index (χ2v) is 20.1. The van der Waals surface area contributed by atoms with E-state index in [2.05, 4.69) is 69.3 Å². The van der Waals surface area contributed by atoms with E-state index in [1.807, 2.05) is 75.1 Å². The van der Waals surface area contributed by atoms with E-state index in [1.165, 1.54) is 4.57 Å². The first-order valence-corrected chi connectivity index (χ1v) is 21.4. The fourth-order valence-corrected chi connectivity index (χ4v) is 7.24. The van der Waals surface area contributed by atoms with E-state index < -0.39 is 11.7 Å². The van der Waals surface area contributed by atoms with Crippen LogP contribution in [0.3, 0.4) is 0 Å². The van der Waals surface area contributed by atoms with Gasteiger partial charge in [-0.05, 0) is 86.7 Å². The molecule has 0 bridgehead atoms. The quantitative estimate of drug-likeness (QED) is 0.114. The minimum absolute atomic E-state index is 0.0145. The number of benzene rings is 3. The number of carbonyl (C=O) groups excluding carboxylic acids is 3. The zero-order chi connectivity index (χ0) is 45.6. The smallest absolute Gasteiger partial charge is 0.407 e. The third-order valence-corrected chi connectivity index (χ3v) is 10.7. The number of hydrogen-bond donors (Lipinski definition) is 3. The van der Waals surface area contributed by atoms with Crippen LogP contribution in [0.1, 0.15) is 101 Å². The molecule has 13 heteroatoms. The van der Waals surface area contributed by atoms with E-state index >= 15 is 0 Å². The van der Waals surface area contributed by atoms with E-state index in [9.17, 15) is 19.2 Å². The number of amides is 3. The van der Waals surface area contributed by atoms with Gasteiger partial charge in [0.25, 0.3) is 17.4 Å². The van der Waals surface area contributed by atoms with Crippen molar-refractivity contribution >= 4 is 35.1 Å². The Kier molecular flexibility index (Phi) is 14.8. The summed E-state index contributed by atoms with van der Waals surface area (Å²) in [5.74, 6) is -0.113. The number of anilines is 3. The van der Waals surface area contributed by atoms with Gasteiger partial charge in [-0.25, -0.2) is 9.78 Å². The van der Waals surface area contributed by atoms with Crippen molar-refractivity contribution in [2.45, 2.75) is 87.2 Å². The highest BCUT2D eigenvalue weighted by molar-refractivity contribution is 6.05. The molecule has 0 radical (unpaired) electrons. The van der Waals surface area contributed by atoms with Crippen molar-refractivity contribution in [3.8, 4) is 11.3 Å². The van der Waals surface area contributed by atoms with Gasteiger partial charge in [-0.15, -0.1) is 0 Å². The predicted octanol–water partition coefficient (Wildman–Crippen LogP) is 8.40. The van der Waals surface area contributed by atoms with Gasteiger partial charge < -0.3 is 34.9 Å². The molecule has 13 nitrogen and oxygen atoms in total. The minimum Gasteiger partial charge on any atom is -0.444 e. The first-order valence-electron chi connectivity index (χ1n) is 21.4. The fourth-order valence-electron chi connectivity index (χ4n) is 7.24. The van der Waals surface area contributed by atoms with Crippen LogP contribution >= 0.6 is 0 Å². The maximum absolute atomic E-state index is 13.6. The number of aryl methyl sites for hydroxylation is 1. The number of aromatic nitrogens is 2. The topological polar surface area (TPSA) is 147 Å². The van der Waals surface area contributed by atoms with E-state index in [4.69, 9.17) is 14.5 Å². The van der Waals surface area contributed by atoms with Crippen LogP contribution < -0.4 is 21.5 Å². The molecule has 1 saturated heterocycles. The van der Waals surface area contributed by atoms with Crippen molar-refractivity contribution in [1.82, 2.24) is 24.7 Å². The molecule has 0 atom stereocenters. The van der Waals surface area contributed by atoms with E-state index in [1.54, 1.807) is 37.5 Å². The fraction of sp³-hybridized carbons (Fsp3) is 0.490. The summed E-state index contributed by atoms with van der Waals surface area (Å²) < 4.78 is 13.0. The number of nitrogens with zero attached hydrogens (tertiary/aromatic N) is 4. The van der Waals surface area contributed by atoms with Crippen molar-refractivity contribution < 1.29 is 23.9 Å². The Morgan fingerprint density at radius 1 is 0.774 bits per heavy atom. The molecule has 334 valence electrons. The first kappa shape index (κ1) is 47.5. The standard InChI is InChI=1S/C49H67N7O6/c1-33-38(14-13-15-39(33)53-42(57)34-16-20-36(21-17-34)46(2,3)4)40-28-54(12)44(59)41(52-40)51-37-22-18-35(19-23-37)43(58)56-26-24-55(25-27-56)30-49(10,11)32-61-31-48(8,9)29-50-45(60)62-47(5,6)7/h13-23,28H,24-27,29-32H2,1-12H3,(H,50,60)(H,51,52)(H,53,57). The Morgan fingerprint density at radius 3 is 2.00 bits per heavy atom.